The van der Waals surface area contributed by atoms with Gasteiger partial charge in [0.1, 0.15) is 0 Å². The van der Waals surface area contributed by atoms with Gasteiger partial charge in [-0.1, -0.05) is 48.5 Å². The molecule has 1 saturated heterocycles. The maximum absolute atomic E-state index is 13.1. The van der Waals surface area contributed by atoms with Gasteiger partial charge < -0.3 is 10.2 Å². The van der Waals surface area contributed by atoms with E-state index < -0.39 is 0 Å². The zero-order valence-corrected chi connectivity index (χ0v) is 18.0. The smallest absolute Gasteiger partial charge is 0.293 e. The van der Waals surface area contributed by atoms with Crippen LogP contribution < -0.4 is 5.32 Å². The van der Waals surface area contributed by atoms with Gasteiger partial charge in [-0.15, -0.1) is 17.5 Å². The van der Waals surface area contributed by atoms with E-state index in [2.05, 4.69) is 15.4 Å². The van der Waals surface area contributed by atoms with Crippen molar-refractivity contribution >= 4 is 18.3 Å². The van der Waals surface area contributed by atoms with Crippen LogP contribution in [0.5, 0.6) is 0 Å². The van der Waals surface area contributed by atoms with Gasteiger partial charge >= 0.3 is 0 Å². The number of nitrogens with one attached hydrogen (secondary N) is 1. The van der Waals surface area contributed by atoms with Crippen LogP contribution in [-0.2, 0) is 0 Å². The van der Waals surface area contributed by atoms with E-state index in [9.17, 15) is 4.79 Å². The first-order valence-electron chi connectivity index (χ1n) is 10.3. The van der Waals surface area contributed by atoms with Crippen LogP contribution in [0, 0.1) is 5.92 Å². The summed E-state index contributed by atoms with van der Waals surface area (Å²) in [5.74, 6) is 1.55. The fourth-order valence-electron chi connectivity index (χ4n) is 3.84. The number of carbonyl (C=O) groups is 1. The molecule has 7 heteroatoms. The van der Waals surface area contributed by atoms with Gasteiger partial charge in [0.2, 0.25) is 5.82 Å². The maximum Gasteiger partial charge on any atom is 0.293 e. The van der Waals surface area contributed by atoms with E-state index in [4.69, 9.17) is 0 Å². The molecule has 1 amide bonds. The Balaban J connectivity index is 0.00000256. The number of aromatic nitrogens is 3. The highest BCUT2D eigenvalue weighted by molar-refractivity contribution is 5.91. The molecule has 2 heterocycles. The first kappa shape index (κ1) is 22.0. The number of likely N-dealkylation sites (tertiary alicyclic amines) is 1. The molecule has 158 valence electrons. The maximum atomic E-state index is 13.1. The molecule has 0 aliphatic carbocycles. The van der Waals surface area contributed by atoms with Crippen LogP contribution in [0.25, 0.3) is 17.1 Å². The van der Waals surface area contributed by atoms with E-state index in [1.54, 1.807) is 4.68 Å². The molecule has 0 spiro atoms. The van der Waals surface area contributed by atoms with Crippen molar-refractivity contribution in [3.05, 3.63) is 66.5 Å². The summed E-state index contributed by atoms with van der Waals surface area (Å²) in [6.45, 7) is 2.57. The van der Waals surface area contributed by atoms with Crippen LogP contribution >= 0.6 is 12.4 Å². The second-order valence-electron chi connectivity index (χ2n) is 7.50. The minimum absolute atomic E-state index is 0. The zero-order valence-electron chi connectivity index (χ0n) is 17.2. The van der Waals surface area contributed by atoms with Crippen LogP contribution in [0.3, 0.4) is 0 Å². The molecule has 0 unspecified atom stereocenters. The van der Waals surface area contributed by atoms with Gasteiger partial charge in [-0.25, -0.2) is 9.67 Å². The van der Waals surface area contributed by atoms with E-state index in [0.29, 0.717) is 11.7 Å². The molecule has 3 aromatic rings. The molecule has 1 fully saturated rings. The minimum atomic E-state index is -0.0797. The molecule has 2 aromatic carbocycles. The van der Waals surface area contributed by atoms with E-state index in [-0.39, 0.29) is 24.1 Å². The molecule has 0 radical (unpaired) electrons. The number of hydrogen-bond donors (Lipinski definition) is 1. The number of hydrogen-bond acceptors (Lipinski definition) is 4. The number of piperidine rings is 1. The van der Waals surface area contributed by atoms with Crippen molar-refractivity contribution in [1.29, 1.82) is 0 Å². The number of amides is 1. The Labute approximate surface area is 183 Å². The number of para-hydroxylation sites is 1. The molecule has 1 aliphatic heterocycles. The van der Waals surface area contributed by atoms with Crippen LogP contribution in [0.4, 0.5) is 0 Å². The van der Waals surface area contributed by atoms with Crippen molar-refractivity contribution in [2.45, 2.75) is 19.3 Å². The number of benzene rings is 2. The Hall–Kier alpha value is -2.70. The van der Waals surface area contributed by atoms with Crippen molar-refractivity contribution in [3.8, 4) is 17.1 Å². The van der Waals surface area contributed by atoms with E-state index in [0.717, 1.165) is 50.1 Å². The van der Waals surface area contributed by atoms with Crippen molar-refractivity contribution in [2.24, 2.45) is 5.92 Å². The highest BCUT2D eigenvalue weighted by Crippen LogP contribution is 2.24. The lowest BCUT2D eigenvalue weighted by molar-refractivity contribution is 0.0675. The summed E-state index contributed by atoms with van der Waals surface area (Å²) in [6.07, 6.45) is 3.24. The normalized spacial score (nSPS) is 14.4. The number of halogens is 1. The second-order valence-corrected chi connectivity index (χ2v) is 7.50. The fourth-order valence-corrected chi connectivity index (χ4v) is 3.84. The Bertz CT molecular complexity index is 880. The van der Waals surface area contributed by atoms with Gasteiger partial charge in [0.25, 0.3) is 5.91 Å². The predicted molar refractivity (Wildman–Crippen MR) is 121 cm³/mol. The summed E-state index contributed by atoms with van der Waals surface area (Å²) in [6, 6.07) is 19.7. The highest BCUT2D eigenvalue weighted by atomic mass is 35.5. The third-order valence-electron chi connectivity index (χ3n) is 5.54. The molecule has 30 heavy (non-hydrogen) atoms. The fraction of sp³-hybridized carbons (Fsp3) is 0.348. The summed E-state index contributed by atoms with van der Waals surface area (Å²) in [5, 5.41) is 7.82. The van der Waals surface area contributed by atoms with E-state index >= 15 is 0 Å². The van der Waals surface area contributed by atoms with Crippen LogP contribution in [0.15, 0.2) is 60.7 Å². The number of nitrogens with zero attached hydrogens (tertiary/aromatic N) is 4. The number of carbonyl (C=O) groups excluding carboxylic acids is 1. The van der Waals surface area contributed by atoms with E-state index in [1.807, 2.05) is 72.6 Å². The monoisotopic (exact) mass is 425 g/mol. The quantitative estimate of drug-likeness (QED) is 0.652. The summed E-state index contributed by atoms with van der Waals surface area (Å²) in [7, 11) is 1.98. The van der Waals surface area contributed by atoms with Crippen molar-refractivity contribution in [3.63, 3.8) is 0 Å². The molecule has 0 atom stereocenters. The van der Waals surface area contributed by atoms with Crippen LogP contribution in [0.2, 0.25) is 0 Å². The SMILES string of the molecule is CNCCC1CCN(C(=O)c2nc(-c3ccccc3)n(-c3ccccc3)n2)CC1.Cl. The summed E-state index contributed by atoms with van der Waals surface area (Å²) in [4.78, 5) is 19.7. The number of rotatable bonds is 6. The zero-order chi connectivity index (χ0) is 20.1. The summed E-state index contributed by atoms with van der Waals surface area (Å²) in [5.41, 5.74) is 1.83. The molecule has 1 aromatic heterocycles. The molecule has 4 rings (SSSR count). The second kappa shape index (κ2) is 10.4. The van der Waals surface area contributed by atoms with Crippen molar-refractivity contribution in [1.82, 2.24) is 25.0 Å². The largest absolute Gasteiger partial charge is 0.336 e. The van der Waals surface area contributed by atoms with Crippen LogP contribution in [-0.4, -0.2) is 52.3 Å². The van der Waals surface area contributed by atoms with Gasteiger partial charge in [-0.2, -0.15) is 0 Å². The third kappa shape index (κ3) is 4.89. The Morgan fingerprint density at radius 1 is 1.03 bits per heavy atom. The lowest BCUT2D eigenvalue weighted by Gasteiger charge is -2.31. The van der Waals surface area contributed by atoms with Crippen LogP contribution in [0.1, 0.15) is 29.9 Å². The van der Waals surface area contributed by atoms with Gasteiger partial charge in [-0.3, -0.25) is 4.79 Å². The Kier molecular flexibility index (Phi) is 7.60. The third-order valence-corrected chi connectivity index (χ3v) is 5.54. The molecule has 1 N–H and O–H groups in total. The topological polar surface area (TPSA) is 63.1 Å². The molecular formula is C23H28ClN5O. The van der Waals surface area contributed by atoms with Gasteiger partial charge in [0.05, 0.1) is 5.69 Å². The summed E-state index contributed by atoms with van der Waals surface area (Å²) >= 11 is 0. The van der Waals surface area contributed by atoms with Crippen molar-refractivity contribution in [2.75, 3.05) is 26.7 Å². The highest BCUT2D eigenvalue weighted by Gasteiger charge is 2.27. The van der Waals surface area contributed by atoms with E-state index in [1.165, 1.54) is 0 Å². The van der Waals surface area contributed by atoms with Gasteiger partial charge in [0, 0.05) is 18.7 Å². The first-order valence-corrected chi connectivity index (χ1v) is 10.3. The average Bonchev–Trinajstić information content (AvgIpc) is 3.24. The standard InChI is InChI=1S/C23H27N5O.ClH/c1-24-15-12-18-13-16-27(17-14-18)23(29)21-25-22(19-8-4-2-5-9-19)28(26-21)20-10-6-3-7-11-20;/h2-11,18,24H,12-17H2,1H3;1H. The Morgan fingerprint density at radius 3 is 2.30 bits per heavy atom. The lowest BCUT2D eigenvalue weighted by Crippen LogP contribution is -2.39. The molecule has 0 bridgehead atoms. The molecule has 0 saturated carbocycles. The summed E-state index contributed by atoms with van der Waals surface area (Å²) < 4.78 is 1.77. The predicted octanol–water partition coefficient (Wildman–Crippen LogP) is 3.82. The molecule has 6 nitrogen and oxygen atoms in total. The Morgan fingerprint density at radius 2 is 1.67 bits per heavy atom. The minimum Gasteiger partial charge on any atom is -0.336 e. The van der Waals surface area contributed by atoms with Gasteiger partial charge in [0.15, 0.2) is 5.82 Å². The molecule has 1 aliphatic rings. The van der Waals surface area contributed by atoms with Crippen molar-refractivity contribution < 1.29 is 4.79 Å². The lowest BCUT2D eigenvalue weighted by atomic mass is 9.93. The van der Waals surface area contributed by atoms with Gasteiger partial charge in [-0.05, 0) is 50.9 Å². The molecular weight excluding hydrogens is 398 g/mol. The average molecular weight is 426 g/mol. The first-order chi connectivity index (χ1) is 14.3.